The number of carboxylic acid groups (broad SMARTS) is 1. The lowest BCUT2D eigenvalue weighted by Gasteiger charge is -2.34. The third-order valence-corrected chi connectivity index (χ3v) is 3.48. The van der Waals surface area contributed by atoms with E-state index < -0.39 is 16.4 Å². The monoisotopic (exact) mass is 280 g/mol. The van der Waals surface area contributed by atoms with Crippen molar-refractivity contribution >= 4 is 17.3 Å². The average Bonchev–Trinajstić information content (AvgIpc) is 2.39. The van der Waals surface area contributed by atoms with Gasteiger partial charge in [0.2, 0.25) is 0 Å². The maximum absolute atomic E-state index is 11.6. The lowest BCUT2D eigenvalue weighted by atomic mass is 9.89. The molecule has 20 heavy (non-hydrogen) atoms. The van der Waals surface area contributed by atoms with Gasteiger partial charge >= 0.3 is 5.97 Å². The molecule has 7 nitrogen and oxygen atoms in total. The molecule has 2 N–H and O–H groups in total. The third-order valence-electron chi connectivity index (χ3n) is 3.48. The molecule has 0 atom stereocenters. The molecule has 0 amide bonds. The molecule has 1 aliphatic heterocycles. The van der Waals surface area contributed by atoms with Gasteiger partial charge in [0, 0.05) is 32.1 Å². The first kappa shape index (κ1) is 14.3. The largest absolute Gasteiger partial charge is 0.480 e. The molecule has 1 aromatic rings. The highest BCUT2D eigenvalue weighted by atomic mass is 16.6. The number of nitro groups is 1. The normalized spacial score (nSPS) is 17.4. The molecular weight excluding hydrogens is 264 g/mol. The Morgan fingerprint density at radius 2 is 2.10 bits per heavy atom. The van der Waals surface area contributed by atoms with E-state index in [1.54, 1.807) is 19.1 Å². The number of hydrogen-bond acceptors (Lipinski definition) is 5. The van der Waals surface area contributed by atoms with Gasteiger partial charge in [-0.2, -0.15) is 0 Å². The van der Waals surface area contributed by atoms with Crippen LogP contribution in [0.4, 0.5) is 11.4 Å². The van der Waals surface area contributed by atoms with E-state index in [2.05, 4.69) is 5.32 Å². The average molecular weight is 280 g/mol. The van der Waals surface area contributed by atoms with Gasteiger partial charge in [0.1, 0.15) is 11.2 Å². The molecular formula is C13H16N2O5. The van der Waals surface area contributed by atoms with Crippen LogP contribution in [0.5, 0.6) is 0 Å². The summed E-state index contributed by atoms with van der Waals surface area (Å²) in [7, 11) is 0. The molecule has 0 spiro atoms. The van der Waals surface area contributed by atoms with Crippen LogP contribution in [-0.4, -0.2) is 34.8 Å². The van der Waals surface area contributed by atoms with E-state index in [9.17, 15) is 20.0 Å². The van der Waals surface area contributed by atoms with Crippen molar-refractivity contribution in [1.29, 1.82) is 0 Å². The molecule has 1 saturated heterocycles. The van der Waals surface area contributed by atoms with Gasteiger partial charge in [-0.25, -0.2) is 4.79 Å². The zero-order valence-corrected chi connectivity index (χ0v) is 11.1. The molecule has 0 aromatic heterocycles. The number of nitrogens with one attached hydrogen (secondary N) is 1. The second-order valence-electron chi connectivity index (χ2n) is 4.90. The predicted octanol–water partition coefficient (Wildman–Crippen LogP) is 1.95. The lowest BCUT2D eigenvalue weighted by Crippen LogP contribution is -2.50. The summed E-state index contributed by atoms with van der Waals surface area (Å²) in [6.07, 6.45) is 0.543. The molecule has 0 bridgehead atoms. The number of rotatable bonds is 4. The van der Waals surface area contributed by atoms with Crippen LogP contribution in [0.15, 0.2) is 18.2 Å². The summed E-state index contributed by atoms with van der Waals surface area (Å²) in [5.74, 6) is -1.02. The molecule has 108 valence electrons. The quantitative estimate of drug-likeness (QED) is 0.645. The number of benzene rings is 1. The van der Waals surface area contributed by atoms with E-state index >= 15 is 0 Å². The second-order valence-corrected chi connectivity index (χ2v) is 4.90. The molecule has 2 rings (SSSR count). The topological polar surface area (TPSA) is 102 Å². The summed E-state index contributed by atoms with van der Waals surface area (Å²) in [5.41, 5.74) is -0.274. The summed E-state index contributed by atoms with van der Waals surface area (Å²) in [6, 6.07) is 4.60. The third kappa shape index (κ3) is 2.72. The van der Waals surface area contributed by atoms with Gasteiger partial charge in [-0.05, 0) is 18.6 Å². The highest BCUT2D eigenvalue weighted by Crippen LogP contribution is 2.32. The number of anilines is 1. The summed E-state index contributed by atoms with van der Waals surface area (Å²) in [5, 5.41) is 23.4. The molecule has 1 fully saturated rings. The van der Waals surface area contributed by atoms with Gasteiger partial charge in [-0.15, -0.1) is 0 Å². The van der Waals surface area contributed by atoms with Crippen LogP contribution >= 0.6 is 0 Å². The number of aryl methyl sites for hydroxylation is 1. The Bertz CT molecular complexity index is 538. The number of nitro benzene ring substituents is 1. The first-order valence-corrected chi connectivity index (χ1v) is 6.29. The minimum absolute atomic E-state index is 0.122. The van der Waals surface area contributed by atoms with Crippen LogP contribution in [0.3, 0.4) is 0 Å². The highest BCUT2D eigenvalue weighted by molar-refractivity contribution is 5.84. The maximum atomic E-state index is 11.6. The predicted molar refractivity (Wildman–Crippen MR) is 71.9 cm³/mol. The zero-order chi connectivity index (χ0) is 14.8. The Kier molecular flexibility index (Phi) is 3.89. The Morgan fingerprint density at radius 1 is 1.45 bits per heavy atom. The van der Waals surface area contributed by atoms with Crippen LogP contribution in [0.1, 0.15) is 18.4 Å². The fraction of sp³-hybridized carbons (Fsp3) is 0.462. The molecule has 1 aromatic carbocycles. The van der Waals surface area contributed by atoms with Crippen LogP contribution in [-0.2, 0) is 9.53 Å². The maximum Gasteiger partial charge on any atom is 0.329 e. The molecule has 1 heterocycles. The van der Waals surface area contributed by atoms with Crippen molar-refractivity contribution in [2.75, 3.05) is 18.5 Å². The van der Waals surface area contributed by atoms with Crippen molar-refractivity contribution in [2.24, 2.45) is 0 Å². The summed E-state index contributed by atoms with van der Waals surface area (Å²) >= 11 is 0. The van der Waals surface area contributed by atoms with E-state index in [0.717, 1.165) is 5.56 Å². The smallest absolute Gasteiger partial charge is 0.329 e. The number of carboxylic acids is 1. The second kappa shape index (κ2) is 5.46. The van der Waals surface area contributed by atoms with Gasteiger partial charge in [0.05, 0.1) is 4.92 Å². The highest BCUT2D eigenvalue weighted by Gasteiger charge is 2.41. The molecule has 0 saturated carbocycles. The van der Waals surface area contributed by atoms with Gasteiger partial charge < -0.3 is 15.2 Å². The molecule has 0 aliphatic carbocycles. The van der Waals surface area contributed by atoms with Crippen molar-refractivity contribution in [2.45, 2.75) is 25.3 Å². The Balaban J connectivity index is 2.38. The van der Waals surface area contributed by atoms with Gasteiger partial charge in [0.25, 0.3) is 5.69 Å². The van der Waals surface area contributed by atoms with Crippen LogP contribution in [0, 0.1) is 17.0 Å². The van der Waals surface area contributed by atoms with Crippen LogP contribution in [0.2, 0.25) is 0 Å². The zero-order valence-electron chi connectivity index (χ0n) is 11.1. The minimum atomic E-state index is -1.21. The number of aliphatic carboxylic acids is 1. The molecule has 7 heteroatoms. The fourth-order valence-electron chi connectivity index (χ4n) is 2.28. The van der Waals surface area contributed by atoms with Gasteiger partial charge in [0.15, 0.2) is 0 Å². The van der Waals surface area contributed by atoms with Crippen LogP contribution < -0.4 is 5.32 Å². The van der Waals surface area contributed by atoms with Gasteiger partial charge in [-0.3, -0.25) is 10.1 Å². The first-order chi connectivity index (χ1) is 9.44. The number of hydrogen-bond donors (Lipinski definition) is 2. The van der Waals surface area contributed by atoms with Crippen molar-refractivity contribution in [3.05, 3.63) is 33.9 Å². The van der Waals surface area contributed by atoms with Crippen LogP contribution in [0.25, 0.3) is 0 Å². The Labute approximate surface area is 115 Å². The van der Waals surface area contributed by atoms with Crippen molar-refractivity contribution in [3.63, 3.8) is 0 Å². The van der Waals surface area contributed by atoms with E-state index in [1.807, 2.05) is 0 Å². The summed E-state index contributed by atoms with van der Waals surface area (Å²) in [6.45, 7) is 2.43. The standard InChI is InChI=1S/C13H16N2O5/c1-9-2-3-11(15(18)19)10(8-9)14-13(12(16)17)4-6-20-7-5-13/h2-3,8,14H,4-7H2,1H3,(H,16,17). The van der Waals surface area contributed by atoms with E-state index in [0.29, 0.717) is 13.2 Å². The molecule has 0 radical (unpaired) electrons. The van der Waals surface area contributed by atoms with E-state index in [-0.39, 0.29) is 24.2 Å². The summed E-state index contributed by atoms with van der Waals surface area (Å²) in [4.78, 5) is 22.1. The van der Waals surface area contributed by atoms with E-state index in [4.69, 9.17) is 4.74 Å². The van der Waals surface area contributed by atoms with Crippen molar-refractivity contribution in [1.82, 2.24) is 0 Å². The number of ether oxygens (including phenoxy) is 1. The lowest BCUT2D eigenvalue weighted by molar-refractivity contribution is -0.384. The SMILES string of the molecule is Cc1ccc([N+](=O)[O-])c(NC2(C(=O)O)CCOCC2)c1. The van der Waals surface area contributed by atoms with Crippen molar-refractivity contribution in [3.8, 4) is 0 Å². The number of nitrogens with zero attached hydrogens (tertiary/aromatic N) is 1. The first-order valence-electron chi connectivity index (χ1n) is 6.29. The minimum Gasteiger partial charge on any atom is -0.480 e. The van der Waals surface area contributed by atoms with Gasteiger partial charge in [-0.1, -0.05) is 6.07 Å². The molecule has 0 unspecified atom stereocenters. The molecule has 1 aliphatic rings. The summed E-state index contributed by atoms with van der Waals surface area (Å²) < 4.78 is 5.18. The number of carbonyl (C=O) groups is 1. The fourth-order valence-corrected chi connectivity index (χ4v) is 2.28. The van der Waals surface area contributed by atoms with Crippen molar-refractivity contribution < 1.29 is 19.6 Å². The Hall–Kier alpha value is -2.15. The van der Waals surface area contributed by atoms with E-state index in [1.165, 1.54) is 6.07 Å². The Morgan fingerprint density at radius 3 is 2.65 bits per heavy atom.